The standard InChI is InChI=1S/C58H38N2/c1-3-12-39(13-4-1)41-22-29-48(30-23-41)60-57-35-28-45(37-54(57)52-33-26-46(38-58(52)60)40-14-5-2-6-15-40)44-27-34-56-53(36-44)51-19-9-10-21-55(51)59(56)47-31-24-43(25-32-47)50-20-11-17-42-16-7-8-18-49(42)50/h1-38H/i9D,10D,19D,21D,27D,34D,36D. The van der Waals surface area contributed by atoms with Crippen LogP contribution in [0.25, 0.3) is 110 Å². The zero-order valence-electron chi connectivity index (χ0n) is 39.3. The molecule has 2 aromatic heterocycles. The van der Waals surface area contributed by atoms with Gasteiger partial charge in [0.1, 0.15) is 0 Å². The molecule has 0 atom stereocenters. The van der Waals surface area contributed by atoms with Crippen LogP contribution in [-0.4, -0.2) is 9.13 Å². The Kier molecular flexibility index (Phi) is 6.39. The van der Waals surface area contributed by atoms with E-state index in [9.17, 15) is 6.85 Å². The highest BCUT2D eigenvalue weighted by molar-refractivity contribution is 6.13. The minimum absolute atomic E-state index is 0.0805. The van der Waals surface area contributed by atoms with E-state index in [1.807, 2.05) is 97.1 Å². The van der Waals surface area contributed by atoms with E-state index in [1.165, 1.54) is 0 Å². The Labute approximate surface area is 358 Å². The van der Waals surface area contributed by atoms with Crippen molar-refractivity contribution in [3.63, 3.8) is 0 Å². The van der Waals surface area contributed by atoms with Crippen LogP contribution in [0.1, 0.15) is 9.60 Å². The van der Waals surface area contributed by atoms with Crippen LogP contribution in [0.5, 0.6) is 0 Å². The molecule has 0 spiro atoms. The van der Waals surface area contributed by atoms with Crippen LogP contribution in [0.3, 0.4) is 0 Å². The Morgan fingerprint density at radius 2 is 0.883 bits per heavy atom. The Balaban J connectivity index is 1.07. The molecule has 0 aliphatic rings. The molecule has 0 aliphatic carbocycles. The van der Waals surface area contributed by atoms with Crippen molar-refractivity contribution in [1.29, 1.82) is 0 Å². The van der Waals surface area contributed by atoms with E-state index in [2.05, 4.69) is 95.6 Å². The molecule has 0 saturated heterocycles. The number of aromatic nitrogens is 2. The molecule has 12 rings (SSSR count). The summed E-state index contributed by atoms with van der Waals surface area (Å²) in [4.78, 5) is 0. The van der Waals surface area contributed by atoms with E-state index in [4.69, 9.17) is 2.74 Å². The maximum atomic E-state index is 9.94. The van der Waals surface area contributed by atoms with Crippen molar-refractivity contribution in [2.45, 2.75) is 0 Å². The van der Waals surface area contributed by atoms with Gasteiger partial charge >= 0.3 is 0 Å². The van der Waals surface area contributed by atoms with Crippen LogP contribution in [0.4, 0.5) is 0 Å². The lowest BCUT2D eigenvalue weighted by Crippen LogP contribution is -1.94. The fourth-order valence-corrected chi connectivity index (χ4v) is 8.88. The van der Waals surface area contributed by atoms with Crippen LogP contribution in [0.2, 0.25) is 0 Å². The quantitative estimate of drug-likeness (QED) is 0.159. The van der Waals surface area contributed by atoms with E-state index >= 15 is 0 Å². The molecule has 60 heavy (non-hydrogen) atoms. The van der Waals surface area contributed by atoms with Gasteiger partial charge in [0, 0.05) is 32.9 Å². The average molecular weight is 770 g/mol. The number of fused-ring (bicyclic) bond motifs is 7. The second-order valence-corrected chi connectivity index (χ2v) is 15.2. The third kappa shape index (κ3) is 5.57. The van der Waals surface area contributed by atoms with Gasteiger partial charge in [0.15, 0.2) is 0 Å². The summed E-state index contributed by atoms with van der Waals surface area (Å²) in [7, 11) is 0. The second kappa shape index (κ2) is 13.9. The molecule has 2 nitrogen and oxygen atoms in total. The maximum Gasteiger partial charge on any atom is 0.0645 e. The summed E-state index contributed by atoms with van der Waals surface area (Å²) in [5, 5.41) is 4.43. The normalized spacial score (nSPS) is 13.3. The minimum Gasteiger partial charge on any atom is -0.309 e. The third-order valence-corrected chi connectivity index (χ3v) is 11.8. The molecule has 0 fully saturated rings. The first kappa shape index (κ1) is 27.7. The summed E-state index contributed by atoms with van der Waals surface area (Å²) >= 11 is 0. The molecule has 0 bridgehead atoms. The highest BCUT2D eigenvalue weighted by Crippen LogP contribution is 2.40. The van der Waals surface area contributed by atoms with Gasteiger partial charge in [0.05, 0.1) is 31.7 Å². The molecule has 280 valence electrons. The van der Waals surface area contributed by atoms with Gasteiger partial charge in [-0.1, -0.05) is 170 Å². The third-order valence-electron chi connectivity index (χ3n) is 11.8. The first-order valence-electron chi connectivity index (χ1n) is 23.6. The first-order chi connectivity index (χ1) is 32.7. The van der Waals surface area contributed by atoms with Crippen LogP contribution in [0.15, 0.2) is 230 Å². The summed E-state index contributed by atoms with van der Waals surface area (Å²) in [6.07, 6.45) is 0. The number of nitrogens with zero attached hydrogens (tertiary/aromatic N) is 2. The molecule has 0 radical (unpaired) electrons. The largest absolute Gasteiger partial charge is 0.309 e. The van der Waals surface area contributed by atoms with Gasteiger partial charge in [-0.25, -0.2) is 0 Å². The van der Waals surface area contributed by atoms with Gasteiger partial charge in [-0.05, 0) is 116 Å². The SMILES string of the molecule is [2H]c1c([2H])c([2H])c2c(c1[2H])c1c([2H])c(-c3ccc4c(c3)c3ccc(-c5ccccc5)cc3n4-c3ccc(-c4ccccc4)cc3)c([2H])c([2H])c1n2-c1ccc(-c2cccc3ccccc23)cc1. The van der Waals surface area contributed by atoms with Gasteiger partial charge in [-0.2, -0.15) is 0 Å². The maximum absolute atomic E-state index is 9.94. The first-order valence-corrected chi connectivity index (χ1v) is 20.1. The number of para-hydroxylation sites is 1. The van der Waals surface area contributed by atoms with Crippen molar-refractivity contribution in [1.82, 2.24) is 9.13 Å². The number of rotatable bonds is 6. The van der Waals surface area contributed by atoms with Crippen molar-refractivity contribution < 1.29 is 9.60 Å². The Hall–Kier alpha value is -7.94. The van der Waals surface area contributed by atoms with E-state index in [1.54, 1.807) is 4.57 Å². The summed E-state index contributed by atoms with van der Waals surface area (Å²) in [6, 6.07) is 61.6. The van der Waals surface area contributed by atoms with E-state index in [0.29, 0.717) is 11.3 Å². The predicted molar refractivity (Wildman–Crippen MR) is 254 cm³/mol. The zero-order chi connectivity index (χ0) is 45.7. The van der Waals surface area contributed by atoms with Crippen molar-refractivity contribution in [3.05, 3.63) is 230 Å². The fourth-order valence-electron chi connectivity index (χ4n) is 8.88. The van der Waals surface area contributed by atoms with Gasteiger partial charge in [-0.15, -0.1) is 0 Å². The zero-order valence-corrected chi connectivity index (χ0v) is 32.3. The molecule has 0 aliphatic heterocycles. The van der Waals surface area contributed by atoms with Crippen LogP contribution >= 0.6 is 0 Å². The summed E-state index contributed by atoms with van der Waals surface area (Å²) in [6.45, 7) is 0. The summed E-state index contributed by atoms with van der Waals surface area (Å²) in [5.74, 6) is 0. The van der Waals surface area contributed by atoms with Crippen LogP contribution < -0.4 is 0 Å². The monoisotopic (exact) mass is 769 g/mol. The molecule has 0 unspecified atom stereocenters. The molecule has 0 amide bonds. The molecule has 2 heteroatoms. The van der Waals surface area contributed by atoms with Crippen molar-refractivity contribution in [2.24, 2.45) is 0 Å². The van der Waals surface area contributed by atoms with Gasteiger partial charge in [-0.3, -0.25) is 0 Å². The van der Waals surface area contributed by atoms with Crippen LogP contribution in [-0.2, 0) is 0 Å². The minimum atomic E-state index is -0.425. The highest BCUT2D eigenvalue weighted by Gasteiger charge is 2.17. The number of benzene rings is 10. The Morgan fingerprint density at radius 3 is 1.67 bits per heavy atom. The fraction of sp³-hybridized carbons (Fsp3) is 0. The molecular weight excluding hydrogens is 725 g/mol. The van der Waals surface area contributed by atoms with Crippen molar-refractivity contribution >= 4 is 54.4 Å². The van der Waals surface area contributed by atoms with Gasteiger partial charge < -0.3 is 9.13 Å². The molecule has 0 N–H and O–H groups in total. The molecule has 12 aromatic rings. The lowest BCUT2D eigenvalue weighted by Gasteiger charge is -2.11. The number of hydrogen-bond acceptors (Lipinski definition) is 0. The number of hydrogen-bond donors (Lipinski definition) is 0. The molecule has 2 heterocycles. The molecule has 0 saturated carbocycles. The van der Waals surface area contributed by atoms with Gasteiger partial charge in [0.25, 0.3) is 0 Å². The lowest BCUT2D eigenvalue weighted by atomic mass is 9.98. The van der Waals surface area contributed by atoms with Gasteiger partial charge in [0.2, 0.25) is 0 Å². The topological polar surface area (TPSA) is 9.86 Å². The average Bonchev–Trinajstić information content (AvgIpc) is 3.91. The molecule has 10 aromatic carbocycles. The summed E-state index contributed by atoms with van der Waals surface area (Å²) < 4.78 is 69.1. The molecular formula is C58H38N2. The van der Waals surface area contributed by atoms with E-state index < -0.39 is 12.1 Å². The Bertz CT molecular complexity index is 3960. The second-order valence-electron chi connectivity index (χ2n) is 15.2. The van der Waals surface area contributed by atoms with E-state index in [0.717, 1.165) is 71.6 Å². The predicted octanol–water partition coefficient (Wildman–Crippen LogP) is 15.7. The lowest BCUT2D eigenvalue weighted by molar-refractivity contribution is 1.18. The summed E-state index contributed by atoms with van der Waals surface area (Å²) in [5.41, 5.74) is 10.9. The van der Waals surface area contributed by atoms with Crippen molar-refractivity contribution in [3.8, 4) is 55.9 Å². The van der Waals surface area contributed by atoms with Crippen LogP contribution in [0, 0.1) is 0 Å². The van der Waals surface area contributed by atoms with E-state index in [-0.39, 0.29) is 57.6 Å². The Morgan fingerprint density at radius 1 is 0.300 bits per heavy atom. The highest BCUT2D eigenvalue weighted by atomic mass is 15.0. The smallest absolute Gasteiger partial charge is 0.0645 e. The van der Waals surface area contributed by atoms with Crippen molar-refractivity contribution in [2.75, 3.05) is 0 Å².